The molecule has 1 aliphatic heterocycles. The van der Waals surface area contributed by atoms with E-state index in [2.05, 4.69) is 8.75 Å². The number of likely N-dealkylation sites (tertiary alicyclic amines) is 1. The van der Waals surface area contributed by atoms with Crippen molar-refractivity contribution in [3.8, 4) is 0 Å². The molecule has 2 unspecified atom stereocenters. The highest BCUT2D eigenvalue weighted by atomic mass is 32.1. The van der Waals surface area contributed by atoms with Gasteiger partial charge in [-0.3, -0.25) is 4.79 Å². The van der Waals surface area contributed by atoms with Gasteiger partial charge in [-0.15, -0.1) is 0 Å². The summed E-state index contributed by atoms with van der Waals surface area (Å²) in [5, 5.41) is 0. The third kappa shape index (κ3) is 1.63. The predicted octanol–water partition coefficient (Wildman–Crippen LogP) is 1.94. The molecule has 1 saturated carbocycles. The highest BCUT2D eigenvalue weighted by Gasteiger charge is 2.38. The molecule has 16 heavy (non-hydrogen) atoms. The molecule has 2 aliphatic rings. The summed E-state index contributed by atoms with van der Waals surface area (Å²) in [6.45, 7) is 0.908. The van der Waals surface area contributed by atoms with E-state index in [0.717, 1.165) is 24.2 Å². The van der Waals surface area contributed by atoms with Gasteiger partial charge in [-0.2, -0.15) is 8.75 Å². The smallest absolute Gasteiger partial charge is 0.275 e. The number of carbonyl (C=O) groups excluding carboxylic acids is 1. The predicted molar refractivity (Wildman–Crippen MR) is 61.3 cm³/mol. The molecule has 2 atom stereocenters. The molecule has 1 saturated heterocycles. The first kappa shape index (κ1) is 10.2. The van der Waals surface area contributed by atoms with Gasteiger partial charge in [0.1, 0.15) is 0 Å². The minimum Gasteiger partial charge on any atom is -0.334 e. The average Bonchev–Trinajstić information content (AvgIpc) is 2.98. The fraction of sp³-hybridized carbons (Fsp3) is 0.727. The Morgan fingerprint density at radius 3 is 3.06 bits per heavy atom. The van der Waals surface area contributed by atoms with E-state index < -0.39 is 0 Å². The molecule has 0 aromatic carbocycles. The topological polar surface area (TPSA) is 46.1 Å². The van der Waals surface area contributed by atoms with Gasteiger partial charge in [0.2, 0.25) is 0 Å². The lowest BCUT2D eigenvalue weighted by atomic mass is 9.85. The first-order chi connectivity index (χ1) is 7.86. The molecule has 0 bridgehead atoms. The fourth-order valence-electron chi connectivity index (χ4n) is 3.06. The first-order valence-electron chi connectivity index (χ1n) is 5.95. The average molecular weight is 237 g/mol. The van der Waals surface area contributed by atoms with Gasteiger partial charge in [0.05, 0.1) is 17.9 Å². The molecule has 2 fully saturated rings. The van der Waals surface area contributed by atoms with Crippen LogP contribution in [0.25, 0.3) is 0 Å². The molecule has 3 rings (SSSR count). The van der Waals surface area contributed by atoms with Crippen LogP contribution in [0.4, 0.5) is 0 Å². The SMILES string of the molecule is O=C(c1cnsn1)N1CCC2CCCCC21. The van der Waals surface area contributed by atoms with Crippen LogP contribution in [-0.2, 0) is 0 Å². The molecule has 5 heteroatoms. The van der Waals surface area contributed by atoms with Crippen LogP contribution in [0, 0.1) is 5.92 Å². The van der Waals surface area contributed by atoms with Crippen LogP contribution in [0.3, 0.4) is 0 Å². The molecule has 1 aromatic heterocycles. The van der Waals surface area contributed by atoms with Crippen LogP contribution >= 0.6 is 11.7 Å². The number of rotatable bonds is 1. The summed E-state index contributed by atoms with van der Waals surface area (Å²) >= 11 is 1.11. The lowest BCUT2D eigenvalue weighted by Crippen LogP contribution is -2.39. The number of fused-ring (bicyclic) bond motifs is 1. The first-order valence-corrected chi connectivity index (χ1v) is 6.68. The van der Waals surface area contributed by atoms with Gasteiger partial charge in [-0.05, 0) is 25.2 Å². The van der Waals surface area contributed by atoms with E-state index in [9.17, 15) is 4.79 Å². The van der Waals surface area contributed by atoms with E-state index in [1.54, 1.807) is 6.20 Å². The number of amides is 1. The second-order valence-electron chi connectivity index (χ2n) is 4.69. The highest BCUT2D eigenvalue weighted by molar-refractivity contribution is 6.99. The fourth-order valence-corrected chi connectivity index (χ4v) is 3.47. The maximum absolute atomic E-state index is 12.2. The molecule has 0 N–H and O–H groups in total. The Morgan fingerprint density at radius 1 is 1.38 bits per heavy atom. The molecule has 0 spiro atoms. The third-order valence-corrected chi connectivity index (χ3v) is 4.33. The minimum absolute atomic E-state index is 0.0863. The monoisotopic (exact) mass is 237 g/mol. The van der Waals surface area contributed by atoms with Crippen molar-refractivity contribution in [2.45, 2.75) is 38.1 Å². The quantitative estimate of drug-likeness (QED) is 0.750. The molecular formula is C11H15N3OS. The van der Waals surface area contributed by atoms with Crippen LogP contribution in [-0.4, -0.2) is 32.1 Å². The van der Waals surface area contributed by atoms with Crippen molar-refractivity contribution in [1.82, 2.24) is 13.6 Å². The zero-order chi connectivity index (χ0) is 11.0. The summed E-state index contributed by atoms with van der Waals surface area (Å²) in [5.74, 6) is 0.826. The van der Waals surface area contributed by atoms with Crippen molar-refractivity contribution < 1.29 is 4.79 Å². The number of nitrogens with zero attached hydrogens (tertiary/aromatic N) is 3. The van der Waals surface area contributed by atoms with E-state index in [1.807, 2.05) is 4.90 Å². The number of hydrogen-bond acceptors (Lipinski definition) is 4. The van der Waals surface area contributed by atoms with Gasteiger partial charge in [0.15, 0.2) is 5.69 Å². The molecule has 4 nitrogen and oxygen atoms in total. The van der Waals surface area contributed by atoms with Crippen molar-refractivity contribution in [2.24, 2.45) is 5.92 Å². The van der Waals surface area contributed by atoms with Crippen LogP contribution in [0.1, 0.15) is 42.6 Å². The number of carbonyl (C=O) groups is 1. The van der Waals surface area contributed by atoms with Crippen LogP contribution in [0.2, 0.25) is 0 Å². The Hall–Kier alpha value is -0.970. The van der Waals surface area contributed by atoms with Gasteiger partial charge >= 0.3 is 0 Å². The lowest BCUT2D eigenvalue weighted by Gasteiger charge is -2.31. The second-order valence-corrected chi connectivity index (χ2v) is 5.25. The van der Waals surface area contributed by atoms with Gasteiger partial charge < -0.3 is 4.90 Å². The molecule has 2 heterocycles. The van der Waals surface area contributed by atoms with Crippen molar-refractivity contribution in [3.63, 3.8) is 0 Å². The standard InChI is InChI=1S/C11H15N3OS/c15-11(9-7-12-16-13-9)14-6-5-8-3-1-2-4-10(8)14/h7-8,10H,1-6H2. The van der Waals surface area contributed by atoms with Crippen molar-refractivity contribution in [1.29, 1.82) is 0 Å². The van der Waals surface area contributed by atoms with E-state index in [0.29, 0.717) is 11.7 Å². The molecule has 1 aromatic rings. The summed E-state index contributed by atoms with van der Waals surface area (Å²) in [6.07, 6.45) is 7.83. The maximum atomic E-state index is 12.2. The Labute approximate surface area is 99.0 Å². The molecule has 1 aliphatic carbocycles. The zero-order valence-electron chi connectivity index (χ0n) is 9.13. The van der Waals surface area contributed by atoms with Crippen LogP contribution < -0.4 is 0 Å². The van der Waals surface area contributed by atoms with Crippen molar-refractivity contribution in [2.75, 3.05) is 6.54 Å². The van der Waals surface area contributed by atoms with E-state index in [1.165, 1.54) is 32.1 Å². The minimum atomic E-state index is 0.0863. The maximum Gasteiger partial charge on any atom is 0.275 e. The molecule has 1 amide bonds. The van der Waals surface area contributed by atoms with Crippen LogP contribution in [0.5, 0.6) is 0 Å². The molecule has 86 valence electrons. The van der Waals surface area contributed by atoms with Gasteiger partial charge in [-0.25, -0.2) is 0 Å². The van der Waals surface area contributed by atoms with Gasteiger partial charge in [-0.1, -0.05) is 12.8 Å². The number of aromatic nitrogens is 2. The zero-order valence-corrected chi connectivity index (χ0v) is 9.95. The Bertz CT molecular complexity index is 379. The van der Waals surface area contributed by atoms with E-state index in [4.69, 9.17) is 0 Å². The second kappa shape index (κ2) is 4.13. The summed E-state index contributed by atoms with van der Waals surface area (Å²) in [5.41, 5.74) is 0.524. The summed E-state index contributed by atoms with van der Waals surface area (Å²) in [4.78, 5) is 14.2. The van der Waals surface area contributed by atoms with Crippen LogP contribution in [0.15, 0.2) is 6.20 Å². The summed E-state index contributed by atoms with van der Waals surface area (Å²) in [6, 6.07) is 0.475. The Balaban J connectivity index is 1.78. The summed E-state index contributed by atoms with van der Waals surface area (Å²) in [7, 11) is 0. The molecule has 0 radical (unpaired) electrons. The third-order valence-electron chi connectivity index (χ3n) is 3.85. The van der Waals surface area contributed by atoms with Gasteiger partial charge in [0.25, 0.3) is 5.91 Å². The lowest BCUT2D eigenvalue weighted by molar-refractivity contribution is 0.0685. The van der Waals surface area contributed by atoms with Gasteiger partial charge in [0, 0.05) is 12.6 Å². The normalized spacial score (nSPS) is 29.1. The highest BCUT2D eigenvalue weighted by Crippen LogP contribution is 2.36. The number of hydrogen-bond donors (Lipinski definition) is 0. The Kier molecular flexibility index (Phi) is 2.63. The van der Waals surface area contributed by atoms with Crippen molar-refractivity contribution in [3.05, 3.63) is 11.9 Å². The Morgan fingerprint density at radius 2 is 2.25 bits per heavy atom. The molecular weight excluding hydrogens is 222 g/mol. The summed E-state index contributed by atoms with van der Waals surface area (Å²) < 4.78 is 7.94. The van der Waals surface area contributed by atoms with E-state index >= 15 is 0 Å². The largest absolute Gasteiger partial charge is 0.334 e. The van der Waals surface area contributed by atoms with Crippen molar-refractivity contribution >= 4 is 17.6 Å². The van der Waals surface area contributed by atoms with E-state index in [-0.39, 0.29) is 5.91 Å².